The molecule has 4 N–H and O–H groups in total. The molecule has 1 unspecified atom stereocenters. The molecule has 37 heavy (non-hydrogen) atoms. The number of hydrogen-bond acceptors (Lipinski definition) is 6. The highest BCUT2D eigenvalue weighted by atomic mass is 16.3. The highest BCUT2D eigenvalue weighted by Crippen LogP contribution is 2.37. The fourth-order valence-electron chi connectivity index (χ4n) is 5.01. The number of pyridine rings is 1. The Balaban J connectivity index is 1.31. The molecule has 0 saturated heterocycles. The predicted octanol–water partition coefficient (Wildman–Crippen LogP) is 5.28. The van der Waals surface area contributed by atoms with Gasteiger partial charge >= 0.3 is 0 Å². The molecule has 0 fully saturated rings. The average Bonchev–Trinajstić information content (AvgIpc) is 2.94. The number of anilines is 1. The van der Waals surface area contributed by atoms with Crippen LogP contribution in [0, 0.1) is 12.3 Å². The molecule has 0 bridgehead atoms. The molecule has 1 aromatic heterocycles. The van der Waals surface area contributed by atoms with Gasteiger partial charge in [0.2, 0.25) is 0 Å². The average molecular weight is 482 g/mol. The topological polar surface area (TPSA) is 95.9 Å². The van der Waals surface area contributed by atoms with Crippen LogP contribution in [-0.2, 0) is 0 Å². The molecule has 0 saturated carbocycles. The molecule has 178 valence electrons. The van der Waals surface area contributed by atoms with Crippen LogP contribution in [0.4, 0.5) is 5.69 Å². The molecule has 6 aromatic rings. The minimum atomic E-state index is -0.911. The first kappa shape index (κ1) is 22.5. The Morgan fingerprint density at radius 2 is 1.68 bits per heavy atom. The van der Waals surface area contributed by atoms with E-state index in [2.05, 4.69) is 62.7 Å². The normalized spacial score (nSPS) is 13.1. The van der Waals surface area contributed by atoms with Gasteiger partial charge in [0.1, 0.15) is 11.9 Å². The lowest BCUT2D eigenvalue weighted by atomic mass is 9.89. The van der Waals surface area contributed by atoms with E-state index >= 15 is 0 Å². The number of terminal acetylenes is 1. The molecule has 0 amide bonds. The number of nitrogens with zero attached hydrogens (tertiary/aromatic N) is 3. The second-order valence-corrected chi connectivity index (χ2v) is 8.84. The van der Waals surface area contributed by atoms with Crippen LogP contribution >= 0.6 is 0 Å². The quantitative estimate of drug-likeness (QED) is 0.0753. The van der Waals surface area contributed by atoms with E-state index in [4.69, 9.17) is 12.3 Å². The molecule has 1 heterocycles. The van der Waals surface area contributed by atoms with Gasteiger partial charge in [0.15, 0.2) is 0 Å². The number of para-hydroxylation sites is 1. The third-order valence-electron chi connectivity index (χ3n) is 6.68. The lowest BCUT2D eigenvalue weighted by Gasteiger charge is -2.15. The van der Waals surface area contributed by atoms with Crippen LogP contribution in [0.2, 0.25) is 0 Å². The maximum atomic E-state index is 10.6. The van der Waals surface area contributed by atoms with Crippen LogP contribution in [0.15, 0.2) is 95.2 Å². The monoisotopic (exact) mass is 481 g/mol. The van der Waals surface area contributed by atoms with Gasteiger partial charge in [-0.25, -0.2) is 0 Å². The molecular formula is C31H23N5O. The van der Waals surface area contributed by atoms with Crippen LogP contribution in [0.25, 0.3) is 43.2 Å². The fourth-order valence-corrected chi connectivity index (χ4v) is 5.01. The highest BCUT2D eigenvalue weighted by molar-refractivity contribution is 6.42. The number of aliphatic hydroxyl groups excluding tert-OH is 1. The Morgan fingerprint density at radius 1 is 0.946 bits per heavy atom. The van der Waals surface area contributed by atoms with E-state index in [0.29, 0.717) is 5.71 Å². The van der Waals surface area contributed by atoms with Gasteiger partial charge in [-0.05, 0) is 50.5 Å². The number of aliphatic hydroxyl groups is 1. The lowest BCUT2D eigenvalue weighted by Crippen LogP contribution is -2.22. The summed E-state index contributed by atoms with van der Waals surface area (Å²) in [6.07, 6.45) is 8.19. The number of aromatic nitrogens is 1. The summed E-state index contributed by atoms with van der Waals surface area (Å²) in [7, 11) is 0. The zero-order valence-corrected chi connectivity index (χ0v) is 19.9. The molecule has 0 spiro atoms. The van der Waals surface area contributed by atoms with Crippen molar-refractivity contribution in [2.75, 3.05) is 11.9 Å². The van der Waals surface area contributed by atoms with Crippen molar-refractivity contribution < 1.29 is 5.11 Å². The van der Waals surface area contributed by atoms with Crippen molar-refractivity contribution in [1.29, 1.82) is 0 Å². The first-order valence-electron chi connectivity index (χ1n) is 11.9. The van der Waals surface area contributed by atoms with E-state index in [-0.39, 0.29) is 6.54 Å². The molecule has 6 rings (SSSR count). The third kappa shape index (κ3) is 3.88. The van der Waals surface area contributed by atoms with Gasteiger partial charge in [0.05, 0.1) is 17.7 Å². The van der Waals surface area contributed by atoms with Gasteiger partial charge in [-0.1, -0.05) is 66.6 Å². The standard InChI is InChI=1S/C31H23N5O/c1-2-19-8-9-20-10-11-21-12-13-24(25-15-14-23(19)29(20)30(21)25)27(36-32)17-33-18-28(37)35-26-7-3-5-22-6-4-16-34-31(22)26/h1,3-17,28,35,37H,18,32H2. The molecule has 1 atom stereocenters. The van der Waals surface area contributed by atoms with Gasteiger partial charge in [-0.15, -0.1) is 6.42 Å². The SMILES string of the molecule is C#Cc1ccc2ccc3ccc(C(C=NCC(O)Nc4cccc5cccnc45)=NN)c4ccc1c2c34. The molecule has 5 aromatic carbocycles. The summed E-state index contributed by atoms with van der Waals surface area (Å²) in [4.78, 5) is 8.85. The van der Waals surface area contributed by atoms with Crippen LogP contribution in [-0.4, -0.2) is 34.8 Å². The van der Waals surface area contributed by atoms with Crippen LogP contribution in [0.5, 0.6) is 0 Å². The molecule has 0 aliphatic carbocycles. The van der Waals surface area contributed by atoms with Gasteiger partial charge < -0.3 is 16.3 Å². The summed E-state index contributed by atoms with van der Waals surface area (Å²) in [6.45, 7) is 0.111. The Morgan fingerprint density at radius 3 is 2.49 bits per heavy atom. The van der Waals surface area contributed by atoms with E-state index < -0.39 is 6.23 Å². The number of rotatable bonds is 6. The van der Waals surface area contributed by atoms with E-state index in [9.17, 15) is 5.11 Å². The van der Waals surface area contributed by atoms with E-state index in [1.807, 2.05) is 42.5 Å². The van der Waals surface area contributed by atoms with Gasteiger partial charge in [-0.2, -0.15) is 5.10 Å². The van der Waals surface area contributed by atoms with Crippen LogP contribution in [0.3, 0.4) is 0 Å². The summed E-state index contributed by atoms with van der Waals surface area (Å²) < 4.78 is 0. The first-order chi connectivity index (χ1) is 18.2. The molecule has 6 nitrogen and oxygen atoms in total. The minimum absolute atomic E-state index is 0.111. The van der Waals surface area contributed by atoms with Gasteiger partial charge in [0, 0.05) is 28.9 Å². The molecule has 0 aliphatic heterocycles. The summed E-state index contributed by atoms with van der Waals surface area (Å²) >= 11 is 0. The summed E-state index contributed by atoms with van der Waals surface area (Å²) in [6, 6.07) is 26.1. The summed E-state index contributed by atoms with van der Waals surface area (Å²) in [5.41, 5.74) is 3.78. The zero-order valence-electron chi connectivity index (χ0n) is 19.9. The molecule has 0 radical (unpaired) electrons. The molecule has 6 heteroatoms. The largest absolute Gasteiger partial charge is 0.372 e. The number of aliphatic imine (C=N–C) groups is 1. The van der Waals surface area contributed by atoms with Crippen LogP contribution in [0.1, 0.15) is 11.1 Å². The van der Waals surface area contributed by atoms with E-state index in [0.717, 1.165) is 60.0 Å². The lowest BCUT2D eigenvalue weighted by molar-refractivity contribution is 0.213. The first-order valence-corrected chi connectivity index (χ1v) is 11.9. The highest BCUT2D eigenvalue weighted by Gasteiger charge is 2.15. The van der Waals surface area contributed by atoms with Crippen molar-refractivity contribution in [3.8, 4) is 12.3 Å². The van der Waals surface area contributed by atoms with Gasteiger partial charge in [0.25, 0.3) is 0 Å². The second-order valence-electron chi connectivity index (χ2n) is 8.84. The smallest absolute Gasteiger partial charge is 0.144 e. The molecule has 0 aliphatic rings. The number of benzene rings is 5. The molecular weight excluding hydrogens is 458 g/mol. The maximum Gasteiger partial charge on any atom is 0.144 e. The Hall–Kier alpha value is -4.99. The number of nitrogens with two attached hydrogens (primary N) is 1. The van der Waals surface area contributed by atoms with Crippen molar-refractivity contribution >= 4 is 60.8 Å². The van der Waals surface area contributed by atoms with Crippen molar-refractivity contribution in [1.82, 2.24) is 4.98 Å². The number of nitrogens with one attached hydrogen (secondary N) is 1. The maximum absolute atomic E-state index is 10.6. The fraction of sp³-hybridized carbons (Fsp3) is 0.0645. The number of hydrazone groups is 1. The summed E-state index contributed by atoms with van der Waals surface area (Å²) in [5, 5.41) is 25.2. The predicted molar refractivity (Wildman–Crippen MR) is 154 cm³/mol. The number of fused-ring (bicyclic) bond motifs is 1. The van der Waals surface area contributed by atoms with Crippen molar-refractivity contribution in [2.45, 2.75) is 6.23 Å². The van der Waals surface area contributed by atoms with E-state index in [1.54, 1.807) is 12.4 Å². The van der Waals surface area contributed by atoms with Crippen molar-refractivity contribution in [3.05, 3.63) is 96.2 Å². The summed E-state index contributed by atoms with van der Waals surface area (Å²) in [5.74, 6) is 8.61. The Kier molecular flexibility index (Phi) is 5.61. The second kappa shape index (κ2) is 9.23. The number of hydrogen-bond donors (Lipinski definition) is 3. The Labute approximate surface area is 213 Å². The Bertz CT molecular complexity index is 1880. The zero-order chi connectivity index (χ0) is 25.4. The van der Waals surface area contributed by atoms with Crippen molar-refractivity contribution in [3.63, 3.8) is 0 Å². The third-order valence-corrected chi connectivity index (χ3v) is 6.68. The van der Waals surface area contributed by atoms with Crippen LogP contribution < -0.4 is 11.2 Å². The minimum Gasteiger partial charge on any atom is -0.372 e. The van der Waals surface area contributed by atoms with Gasteiger partial charge in [-0.3, -0.25) is 9.98 Å². The van der Waals surface area contributed by atoms with Crippen molar-refractivity contribution in [2.24, 2.45) is 15.9 Å². The van der Waals surface area contributed by atoms with E-state index in [1.165, 1.54) is 0 Å².